The predicted molar refractivity (Wildman–Crippen MR) is 37.3 cm³/mol. The van der Waals surface area contributed by atoms with Gasteiger partial charge < -0.3 is 0 Å². The smallest absolute Gasteiger partial charge is 0.148 e. The van der Waals surface area contributed by atoms with Crippen molar-refractivity contribution in [2.45, 2.75) is 12.8 Å². The van der Waals surface area contributed by atoms with E-state index >= 15 is 0 Å². The molecule has 0 radical (unpaired) electrons. The maximum absolute atomic E-state index is 11.0. The number of rotatable bonds is 0. The second-order valence-corrected chi connectivity index (χ2v) is 3.18. The molecule has 1 N–H and O–H groups in total. The van der Waals surface area contributed by atoms with Gasteiger partial charge in [-0.25, -0.2) is 10.4 Å². The van der Waals surface area contributed by atoms with Crippen LogP contribution < -0.4 is 5.43 Å². The second kappa shape index (κ2) is 2.32. The van der Waals surface area contributed by atoms with E-state index in [1.165, 1.54) is 6.42 Å². The maximum atomic E-state index is 11.0. The van der Waals surface area contributed by atoms with Crippen LogP contribution in [-0.2, 0) is 4.79 Å². The standard InChI is InChI=1S/C7H12N2O/c10-7-3-6-1-2-9(5-6)8-4-7/h6,8H,1-5H2. The largest absolute Gasteiger partial charge is 0.298 e. The third kappa shape index (κ3) is 1.07. The normalized spacial score (nSPS) is 39.8. The van der Waals surface area contributed by atoms with Gasteiger partial charge in [-0.1, -0.05) is 0 Å². The topological polar surface area (TPSA) is 32.3 Å². The molecular weight excluding hydrogens is 128 g/mol. The fourth-order valence-electron chi connectivity index (χ4n) is 1.74. The minimum Gasteiger partial charge on any atom is -0.298 e. The van der Waals surface area contributed by atoms with Gasteiger partial charge in [0.25, 0.3) is 0 Å². The Morgan fingerprint density at radius 3 is 3.40 bits per heavy atom. The number of nitrogens with zero attached hydrogens (tertiary/aromatic N) is 1. The monoisotopic (exact) mass is 140 g/mol. The summed E-state index contributed by atoms with van der Waals surface area (Å²) in [4.78, 5) is 11.0. The van der Waals surface area contributed by atoms with Crippen molar-refractivity contribution in [2.24, 2.45) is 5.92 Å². The van der Waals surface area contributed by atoms with E-state index in [2.05, 4.69) is 10.4 Å². The molecule has 0 aromatic rings. The summed E-state index contributed by atoms with van der Waals surface area (Å²) < 4.78 is 0. The summed E-state index contributed by atoms with van der Waals surface area (Å²) in [7, 11) is 0. The average Bonchev–Trinajstić information content (AvgIpc) is 2.22. The zero-order chi connectivity index (χ0) is 6.97. The first-order valence-electron chi connectivity index (χ1n) is 3.85. The molecule has 3 heteroatoms. The number of hydrogen-bond donors (Lipinski definition) is 1. The maximum Gasteiger partial charge on any atom is 0.148 e. The Morgan fingerprint density at radius 2 is 2.50 bits per heavy atom. The van der Waals surface area contributed by atoms with Gasteiger partial charge in [-0.05, 0) is 12.3 Å². The molecule has 2 aliphatic rings. The van der Waals surface area contributed by atoms with Gasteiger partial charge in [0, 0.05) is 19.5 Å². The van der Waals surface area contributed by atoms with Crippen molar-refractivity contribution in [3.05, 3.63) is 0 Å². The zero-order valence-corrected chi connectivity index (χ0v) is 5.97. The van der Waals surface area contributed by atoms with Crippen LogP contribution in [0.15, 0.2) is 0 Å². The van der Waals surface area contributed by atoms with Gasteiger partial charge in [-0.2, -0.15) is 0 Å². The van der Waals surface area contributed by atoms with E-state index in [9.17, 15) is 4.79 Å². The summed E-state index contributed by atoms with van der Waals surface area (Å²) in [5, 5.41) is 2.16. The predicted octanol–water partition coefficient (Wildman–Crippen LogP) is -0.214. The van der Waals surface area contributed by atoms with Crippen molar-refractivity contribution < 1.29 is 4.79 Å². The Balaban J connectivity index is 2.05. The zero-order valence-electron chi connectivity index (χ0n) is 5.97. The summed E-state index contributed by atoms with van der Waals surface area (Å²) in [6.07, 6.45) is 1.99. The Morgan fingerprint density at radius 1 is 1.60 bits per heavy atom. The van der Waals surface area contributed by atoms with Crippen LogP contribution >= 0.6 is 0 Å². The van der Waals surface area contributed by atoms with Crippen molar-refractivity contribution in [1.29, 1.82) is 0 Å². The van der Waals surface area contributed by atoms with Crippen LogP contribution in [0.2, 0.25) is 0 Å². The number of hydrogen-bond acceptors (Lipinski definition) is 3. The van der Waals surface area contributed by atoms with Crippen LogP contribution in [0.4, 0.5) is 0 Å². The molecule has 0 saturated carbocycles. The highest BCUT2D eigenvalue weighted by Crippen LogP contribution is 2.19. The molecule has 2 heterocycles. The third-order valence-electron chi connectivity index (χ3n) is 2.30. The van der Waals surface area contributed by atoms with Crippen LogP contribution in [0, 0.1) is 5.92 Å². The Bertz CT molecular complexity index is 158. The van der Waals surface area contributed by atoms with Gasteiger partial charge in [-0.15, -0.1) is 0 Å². The van der Waals surface area contributed by atoms with Gasteiger partial charge in [-0.3, -0.25) is 4.79 Å². The number of hydrazine groups is 1. The van der Waals surface area contributed by atoms with E-state index < -0.39 is 0 Å². The Hall–Kier alpha value is -0.410. The minimum atomic E-state index is 0.368. The molecule has 0 aliphatic carbocycles. The van der Waals surface area contributed by atoms with Gasteiger partial charge >= 0.3 is 0 Å². The Labute approximate surface area is 60.4 Å². The van der Waals surface area contributed by atoms with Gasteiger partial charge in [0.05, 0.1) is 6.54 Å². The van der Waals surface area contributed by atoms with Crippen LogP contribution in [0.3, 0.4) is 0 Å². The fourth-order valence-corrected chi connectivity index (χ4v) is 1.74. The van der Waals surface area contributed by atoms with E-state index in [0.29, 0.717) is 18.2 Å². The first-order valence-corrected chi connectivity index (χ1v) is 3.85. The highest BCUT2D eigenvalue weighted by atomic mass is 16.1. The third-order valence-corrected chi connectivity index (χ3v) is 2.30. The molecule has 2 unspecified atom stereocenters. The molecule has 2 fully saturated rings. The molecule has 0 amide bonds. The molecule has 10 heavy (non-hydrogen) atoms. The van der Waals surface area contributed by atoms with E-state index in [1.54, 1.807) is 0 Å². The first-order chi connectivity index (χ1) is 4.84. The summed E-state index contributed by atoms with van der Waals surface area (Å²) >= 11 is 0. The van der Waals surface area contributed by atoms with Crippen molar-refractivity contribution in [1.82, 2.24) is 10.4 Å². The SMILES string of the molecule is O=C1CNN2CCC(C1)C2. The number of Topliss-reactive ketones (excluding diaryl/α,β-unsaturated/α-hetero) is 1. The lowest BCUT2D eigenvalue weighted by Gasteiger charge is -2.13. The Kier molecular flexibility index (Phi) is 1.47. The molecule has 0 aromatic carbocycles. The van der Waals surface area contributed by atoms with Crippen molar-refractivity contribution in [2.75, 3.05) is 19.6 Å². The van der Waals surface area contributed by atoms with Crippen LogP contribution in [0.5, 0.6) is 0 Å². The van der Waals surface area contributed by atoms with Crippen LogP contribution in [-0.4, -0.2) is 30.4 Å². The molecule has 56 valence electrons. The first kappa shape index (κ1) is 6.31. The number of carbonyl (C=O) groups is 1. The number of ketones is 1. The second-order valence-electron chi connectivity index (χ2n) is 3.18. The van der Waals surface area contributed by atoms with Crippen LogP contribution in [0.1, 0.15) is 12.8 Å². The number of fused-ring (bicyclic) bond motifs is 2. The highest BCUT2D eigenvalue weighted by Gasteiger charge is 2.27. The number of carbonyl (C=O) groups excluding carboxylic acids is 1. The summed E-state index contributed by atoms with van der Waals surface area (Å²) in [6.45, 7) is 2.75. The summed E-state index contributed by atoms with van der Waals surface area (Å²) in [5.74, 6) is 1.01. The molecule has 2 rings (SSSR count). The minimum absolute atomic E-state index is 0.368. The fraction of sp³-hybridized carbons (Fsp3) is 0.857. The molecule has 2 saturated heterocycles. The molecule has 2 bridgehead atoms. The molecular formula is C7H12N2O. The van der Waals surface area contributed by atoms with E-state index in [0.717, 1.165) is 19.5 Å². The van der Waals surface area contributed by atoms with Gasteiger partial charge in [0.1, 0.15) is 5.78 Å². The molecule has 0 spiro atoms. The molecule has 0 aromatic heterocycles. The quantitative estimate of drug-likeness (QED) is 0.505. The number of nitrogens with one attached hydrogen (secondary N) is 1. The molecule has 2 aliphatic heterocycles. The van der Waals surface area contributed by atoms with Crippen molar-refractivity contribution in [3.8, 4) is 0 Å². The summed E-state index contributed by atoms with van der Waals surface area (Å²) in [5.41, 5.74) is 3.11. The summed E-state index contributed by atoms with van der Waals surface area (Å²) in [6, 6.07) is 0. The average molecular weight is 140 g/mol. The highest BCUT2D eigenvalue weighted by molar-refractivity contribution is 5.80. The van der Waals surface area contributed by atoms with E-state index in [1.807, 2.05) is 0 Å². The lowest BCUT2D eigenvalue weighted by molar-refractivity contribution is -0.119. The lowest BCUT2D eigenvalue weighted by Crippen LogP contribution is -2.37. The van der Waals surface area contributed by atoms with Crippen LogP contribution in [0.25, 0.3) is 0 Å². The van der Waals surface area contributed by atoms with E-state index in [4.69, 9.17) is 0 Å². The van der Waals surface area contributed by atoms with E-state index in [-0.39, 0.29) is 0 Å². The lowest BCUT2D eigenvalue weighted by atomic mass is 10.0. The molecule has 3 nitrogen and oxygen atoms in total. The van der Waals surface area contributed by atoms with Crippen molar-refractivity contribution >= 4 is 5.78 Å². The van der Waals surface area contributed by atoms with Gasteiger partial charge in [0.2, 0.25) is 0 Å². The van der Waals surface area contributed by atoms with Gasteiger partial charge in [0.15, 0.2) is 0 Å². The molecule has 2 atom stereocenters. The van der Waals surface area contributed by atoms with Crippen molar-refractivity contribution in [3.63, 3.8) is 0 Å².